The zero-order valence-electron chi connectivity index (χ0n) is 11.0. The van der Waals surface area contributed by atoms with E-state index in [1.54, 1.807) is 0 Å². The number of H-pyrrole nitrogens is 1. The first-order chi connectivity index (χ1) is 9.16. The Balaban J connectivity index is 1.61. The molecule has 3 rings (SSSR count). The Hall–Kier alpha value is -1.85. The minimum absolute atomic E-state index is 0.0494. The lowest BCUT2D eigenvalue weighted by Gasteiger charge is -2.11. The Morgan fingerprint density at radius 2 is 2.00 bits per heavy atom. The van der Waals surface area contributed by atoms with Gasteiger partial charge in [-0.3, -0.25) is 25.5 Å². The molecule has 1 aromatic rings. The molecule has 19 heavy (non-hydrogen) atoms. The van der Waals surface area contributed by atoms with E-state index in [0.29, 0.717) is 11.6 Å². The first-order valence-electron chi connectivity index (χ1n) is 6.83. The van der Waals surface area contributed by atoms with E-state index in [4.69, 9.17) is 0 Å². The molecule has 1 aromatic heterocycles. The largest absolute Gasteiger partial charge is 0.290 e. The molecule has 2 aliphatic rings. The fraction of sp³-hybridized carbons (Fsp3) is 0.615. The summed E-state index contributed by atoms with van der Waals surface area (Å²) in [4.78, 5) is 23.6. The fourth-order valence-corrected chi connectivity index (χ4v) is 2.63. The van der Waals surface area contributed by atoms with Crippen LogP contribution in [0.3, 0.4) is 0 Å². The van der Waals surface area contributed by atoms with Crippen molar-refractivity contribution >= 4 is 11.8 Å². The molecule has 0 radical (unpaired) electrons. The molecule has 1 heterocycles. The maximum absolute atomic E-state index is 12.0. The van der Waals surface area contributed by atoms with Gasteiger partial charge in [0.25, 0.3) is 5.91 Å². The molecule has 2 atom stereocenters. The van der Waals surface area contributed by atoms with E-state index in [-0.39, 0.29) is 17.7 Å². The van der Waals surface area contributed by atoms with E-state index in [1.165, 1.54) is 0 Å². The number of nitrogens with zero attached hydrogens (tertiary/aromatic N) is 1. The van der Waals surface area contributed by atoms with Crippen molar-refractivity contribution in [3.05, 3.63) is 17.0 Å². The second-order valence-electron chi connectivity index (χ2n) is 5.50. The predicted molar refractivity (Wildman–Crippen MR) is 68.1 cm³/mol. The standard InChI is InChI=1S/C13H18N4O2/c1-7-6-9(7)12(18)16-17-13(19)11-8-4-2-3-5-10(8)14-15-11/h7,9H,2-6H2,1H3,(H,14,15)(H,16,18)(H,17,19)/t7-,9+/m0/s1. The molecular formula is C13H18N4O2. The number of aromatic amines is 1. The SMILES string of the molecule is C[C@H]1C[C@H]1C(=O)NNC(=O)c1n[nH]c2c1CCCC2. The maximum Gasteiger partial charge on any atom is 0.290 e. The van der Waals surface area contributed by atoms with E-state index in [0.717, 1.165) is 43.4 Å². The molecule has 3 N–H and O–H groups in total. The van der Waals surface area contributed by atoms with Crippen molar-refractivity contribution in [3.63, 3.8) is 0 Å². The summed E-state index contributed by atoms with van der Waals surface area (Å²) in [6.45, 7) is 2.02. The molecule has 1 fully saturated rings. The Kier molecular flexibility index (Phi) is 3.00. The van der Waals surface area contributed by atoms with Gasteiger partial charge in [-0.2, -0.15) is 5.10 Å². The number of nitrogens with one attached hydrogen (secondary N) is 3. The van der Waals surface area contributed by atoms with Crippen LogP contribution in [0.15, 0.2) is 0 Å². The van der Waals surface area contributed by atoms with Gasteiger partial charge in [0.2, 0.25) is 5.91 Å². The third kappa shape index (κ3) is 2.34. The zero-order chi connectivity index (χ0) is 13.4. The summed E-state index contributed by atoms with van der Waals surface area (Å²) in [5.41, 5.74) is 7.40. The molecule has 2 aliphatic carbocycles. The molecule has 0 aromatic carbocycles. The molecule has 0 spiro atoms. The number of aromatic nitrogens is 2. The lowest BCUT2D eigenvalue weighted by atomic mass is 9.96. The van der Waals surface area contributed by atoms with Crippen molar-refractivity contribution in [2.24, 2.45) is 11.8 Å². The molecule has 0 aliphatic heterocycles. The first-order valence-corrected chi connectivity index (χ1v) is 6.83. The van der Waals surface area contributed by atoms with Crippen molar-refractivity contribution in [2.45, 2.75) is 39.0 Å². The van der Waals surface area contributed by atoms with Crippen molar-refractivity contribution in [3.8, 4) is 0 Å². The Labute approximate surface area is 111 Å². The Morgan fingerprint density at radius 1 is 1.26 bits per heavy atom. The Morgan fingerprint density at radius 3 is 2.74 bits per heavy atom. The van der Waals surface area contributed by atoms with Crippen LogP contribution in [0.1, 0.15) is 47.9 Å². The Bertz CT molecular complexity index is 523. The van der Waals surface area contributed by atoms with Gasteiger partial charge in [-0.15, -0.1) is 0 Å². The van der Waals surface area contributed by atoms with Gasteiger partial charge in [0.15, 0.2) is 5.69 Å². The average molecular weight is 262 g/mol. The van der Waals surface area contributed by atoms with Crippen molar-refractivity contribution < 1.29 is 9.59 Å². The molecule has 1 saturated carbocycles. The highest BCUT2D eigenvalue weighted by atomic mass is 16.2. The summed E-state index contributed by atoms with van der Waals surface area (Å²) >= 11 is 0. The second-order valence-corrected chi connectivity index (χ2v) is 5.50. The monoisotopic (exact) mass is 262 g/mol. The maximum atomic E-state index is 12.0. The highest BCUT2D eigenvalue weighted by Gasteiger charge is 2.39. The number of aryl methyl sites for hydroxylation is 1. The fourth-order valence-electron chi connectivity index (χ4n) is 2.63. The van der Waals surface area contributed by atoms with E-state index in [2.05, 4.69) is 21.0 Å². The van der Waals surface area contributed by atoms with Crippen LogP contribution in [-0.4, -0.2) is 22.0 Å². The van der Waals surface area contributed by atoms with Crippen LogP contribution in [-0.2, 0) is 17.6 Å². The highest BCUT2D eigenvalue weighted by molar-refractivity contribution is 5.95. The van der Waals surface area contributed by atoms with Gasteiger partial charge in [-0.05, 0) is 38.0 Å². The molecule has 6 nitrogen and oxygen atoms in total. The van der Waals surface area contributed by atoms with Gasteiger partial charge in [0.05, 0.1) is 0 Å². The van der Waals surface area contributed by atoms with E-state index >= 15 is 0 Å². The van der Waals surface area contributed by atoms with E-state index in [1.807, 2.05) is 6.92 Å². The number of hydrogen-bond donors (Lipinski definition) is 3. The molecule has 6 heteroatoms. The van der Waals surface area contributed by atoms with Crippen LogP contribution in [0.4, 0.5) is 0 Å². The minimum Gasteiger partial charge on any atom is -0.281 e. The number of hydrazine groups is 1. The lowest BCUT2D eigenvalue weighted by Crippen LogP contribution is -2.43. The van der Waals surface area contributed by atoms with Gasteiger partial charge < -0.3 is 0 Å². The smallest absolute Gasteiger partial charge is 0.281 e. The summed E-state index contributed by atoms with van der Waals surface area (Å²) < 4.78 is 0. The summed E-state index contributed by atoms with van der Waals surface area (Å²) in [7, 11) is 0. The summed E-state index contributed by atoms with van der Waals surface area (Å²) in [6.07, 6.45) is 4.94. The molecule has 0 bridgehead atoms. The van der Waals surface area contributed by atoms with Gasteiger partial charge >= 0.3 is 0 Å². The molecular weight excluding hydrogens is 244 g/mol. The second kappa shape index (κ2) is 4.68. The lowest BCUT2D eigenvalue weighted by molar-refractivity contribution is -0.123. The van der Waals surface area contributed by atoms with Gasteiger partial charge in [0, 0.05) is 17.2 Å². The topological polar surface area (TPSA) is 86.9 Å². The van der Waals surface area contributed by atoms with Gasteiger partial charge in [0.1, 0.15) is 0 Å². The quantitative estimate of drug-likeness (QED) is 0.686. The third-order valence-electron chi connectivity index (χ3n) is 4.02. The van der Waals surface area contributed by atoms with Gasteiger partial charge in [-0.1, -0.05) is 6.92 Å². The third-order valence-corrected chi connectivity index (χ3v) is 4.02. The zero-order valence-corrected chi connectivity index (χ0v) is 11.0. The van der Waals surface area contributed by atoms with Crippen molar-refractivity contribution in [1.29, 1.82) is 0 Å². The average Bonchev–Trinajstić information content (AvgIpc) is 3.00. The molecule has 0 unspecified atom stereocenters. The van der Waals surface area contributed by atoms with Crippen LogP contribution in [0.25, 0.3) is 0 Å². The normalized spacial score (nSPS) is 24.5. The van der Waals surface area contributed by atoms with Crippen LogP contribution in [0, 0.1) is 11.8 Å². The number of hydrogen-bond acceptors (Lipinski definition) is 3. The number of carbonyl (C=O) groups is 2. The first kappa shape index (κ1) is 12.2. The summed E-state index contributed by atoms with van der Waals surface area (Å²) in [6, 6.07) is 0. The van der Waals surface area contributed by atoms with E-state index in [9.17, 15) is 9.59 Å². The van der Waals surface area contributed by atoms with Crippen molar-refractivity contribution in [2.75, 3.05) is 0 Å². The molecule has 102 valence electrons. The number of carbonyl (C=O) groups excluding carboxylic acids is 2. The van der Waals surface area contributed by atoms with Crippen molar-refractivity contribution in [1.82, 2.24) is 21.0 Å². The highest BCUT2D eigenvalue weighted by Crippen LogP contribution is 2.37. The molecule has 2 amide bonds. The predicted octanol–water partition coefficient (Wildman–Crippen LogP) is 0.705. The van der Waals surface area contributed by atoms with Crippen LogP contribution >= 0.6 is 0 Å². The van der Waals surface area contributed by atoms with Crippen LogP contribution in [0.2, 0.25) is 0 Å². The summed E-state index contributed by atoms with van der Waals surface area (Å²) in [5, 5.41) is 6.98. The van der Waals surface area contributed by atoms with E-state index < -0.39 is 0 Å². The van der Waals surface area contributed by atoms with Crippen LogP contribution in [0.5, 0.6) is 0 Å². The van der Waals surface area contributed by atoms with Crippen LogP contribution < -0.4 is 10.9 Å². The number of amides is 2. The number of fused-ring (bicyclic) bond motifs is 1. The number of rotatable bonds is 2. The molecule has 0 saturated heterocycles. The summed E-state index contributed by atoms with van der Waals surface area (Å²) in [5.74, 6) is 0.0368. The van der Waals surface area contributed by atoms with Gasteiger partial charge in [-0.25, -0.2) is 0 Å². The minimum atomic E-state index is -0.332.